The Morgan fingerprint density at radius 1 is 1.19 bits per heavy atom. The van der Waals surface area contributed by atoms with E-state index in [1.165, 1.54) is 0 Å². The molecular weight excluding hydrogens is 428 g/mol. The van der Waals surface area contributed by atoms with E-state index in [1.54, 1.807) is 35.7 Å². The number of fused-ring (bicyclic) bond motifs is 2. The summed E-state index contributed by atoms with van der Waals surface area (Å²) in [7, 11) is 0. The summed E-state index contributed by atoms with van der Waals surface area (Å²) < 4.78 is 0. The van der Waals surface area contributed by atoms with Gasteiger partial charge in [-0.05, 0) is 43.7 Å². The Kier molecular flexibility index (Phi) is 5.10. The molecule has 1 fully saturated rings. The highest BCUT2D eigenvalue weighted by Crippen LogP contribution is 2.35. The van der Waals surface area contributed by atoms with E-state index in [4.69, 9.17) is 0 Å². The number of piperazine rings is 1. The Labute approximate surface area is 187 Å². The molecule has 0 atom stereocenters. The molecule has 0 unspecified atom stereocenters. The van der Waals surface area contributed by atoms with Gasteiger partial charge in [-0.15, -0.1) is 11.3 Å². The van der Waals surface area contributed by atoms with Gasteiger partial charge in [-0.3, -0.25) is 24.8 Å². The van der Waals surface area contributed by atoms with Crippen molar-refractivity contribution in [3.63, 3.8) is 0 Å². The number of anilines is 1. The van der Waals surface area contributed by atoms with Crippen LogP contribution in [0.3, 0.4) is 0 Å². The van der Waals surface area contributed by atoms with Gasteiger partial charge < -0.3 is 9.88 Å². The Morgan fingerprint density at radius 2 is 1.97 bits per heavy atom. The zero-order chi connectivity index (χ0) is 22.4. The fourth-order valence-electron chi connectivity index (χ4n) is 4.31. The van der Waals surface area contributed by atoms with Crippen molar-refractivity contribution in [1.29, 1.82) is 0 Å². The molecule has 164 valence electrons. The van der Waals surface area contributed by atoms with Gasteiger partial charge in [0.05, 0.1) is 27.8 Å². The summed E-state index contributed by atoms with van der Waals surface area (Å²) in [6.45, 7) is 7.22. The second-order valence-electron chi connectivity index (χ2n) is 8.00. The number of nitro groups is 1. The summed E-state index contributed by atoms with van der Waals surface area (Å²) in [4.78, 5) is 42.0. The number of rotatable bonds is 4. The molecule has 0 bridgehead atoms. The Morgan fingerprint density at radius 3 is 2.72 bits per heavy atom. The number of H-pyrrole nitrogens is 1. The van der Waals surface area contributed by atoms with Gasteiger partial charge in [0, 0.05) is 37.3 Å². The summed E-state index contributed by atoms with van der Waals surface area (Å²) in [5, 5.41) is 13.1. The molecule has 32 heavy (non-hydrogen) atoms. The normalized spacial score (nSPS) is 15.0. The first-order valence-electron chi connectivity index (χ1n) is 10.4. The molecule has 1 aliphatic heterocycles. The number of benzene rings is 1. The van der Waals surface area contributed by atoms with Crippen molar-refractivity contribution < 1.29 is 4.92 Å². The SMILES string of the molecule is Cc1sc2nc(CN3CCN(c4ccc5ncccc5c4[N+](=O)[O-])CC3)[nH]c(=O)c2c1C. The number of thiophene rings is 1. The molecule has 0 radical (unpaired) electrons. The van der Waals surface area contributed by atoms with E-state index in [9.17, 15) is 14.9 Å². The fraction of sp³-hybridized carbons (Fsp3) is 0.318. The fourth-order valence-corrected chi connectivity index (χ4v) is 5.35. The van der Waals surface area contributed by atoms with Crippen LogP contribution >= 0.6 is 11.3 Å². The number of nitrogens with zero attached hydrogens (tertiary/aromatic N) is 5. The molecule has 5 rings (SSSR count). The number of aromatic amines is 1. The molecule has 10 heteroatoms. The first-order valence-corrected chi connectivity index (χ1v) is 11.2. The minimum absolute atomic E-state index is 0.0918. The van der Waals surface area contributed by atoms with Gasteiger partial charge in [0.2, 0.25) is 0 Å². The number of pyridine rings is 1. The van der Waals surface area contributed by atoms with E-state index < -0.39 is 0 Å². The van der Waals surface area contributed by atoms with Crippen LogP contribution in [0.5, 0.6) is 0 Å². The maximum atomic E-state index is 12.5. The summed E-state index contributed by atoms with van der Waals surface area (Å²) in [5.41, 5.74) is 2.24. The minimum Gasteiger partial charge on any atom is -0.363 e. The van der Waals surface area contributed by atoms with Crippen LogP contribution in [0, 0.1) is 24.0 Å². The lowest BCUT2D eigenvalue weighted by atomic mass is 10.1. The number of aryl methyl sites for hydroxylation is 2. The van der Waals surface area contributed by atoms with Crippen LogP contribution in [0.4, 0.5) is 11.4 Å². The number of nitro benzene ring substituents is 1. The largest absolute Gasteiger partial charge is 0.363 e. The van der Waals surface area contributed by atoms with Crippen LogP contribution in [0.2, 0.25) is 0 Å². The monoisotopic (exact) mass is 450 g/mol. The Hall–Kier alpha value is -3.37. The molecule has 9 nitrogen and oxygen atoms in total. The predicted octanol–water partition coefficient (Wildman–Crippen LogP) is 3.38. The third-order valence-corrected chi connectivity index (χ3v) is 7.19. The van der Waals surface area contributed by atoms with E-state index in [0.717, 1.165) is 15.3 Å². The zero-order valence-electron chi connectivity index (χ0n) is 17.8. The highest BCUT2D eigenvalue weighted by molar-refractivity contribution is 7.18. The van der Waals surface area contributed by atoms with Crippen LogP contribution in [0.15, 0.2) is 35.3 Å². The maximum absolute atomic E-state index is 12.5. The molecule has 0 aliphatic carbocycles. The molecule has 1 N–H and O–H groups in total. The molecule has 0 amide bonds. The quantitative estimate of drug-likeness (QED) is 0.375. The van der Waals surface area contributed by atoms with Crippen LogP contribution in [-0.4, -0.2) is 51.0 Å². The highest BCUT2D eigenvalue weighted by atomic mass is 32.1. The van der Waals surface area contributed by atoms with Gasteiger partial charge in [0.1, 0.15) is 16.3 Å². The van der Waals surface area contributed by atoms with Gasteiger partial charge in [-0.1, -0.05) is 0 Å². The van der Waals surface area contributed by atoms with E-state index in [1.807, 2.05) is 24.8 Å². The zero-order valence-corrected chi connectivity index (χ0v) is 18.6. The first-order chi connectivity index (χ1) is 15.4. The summed E-state index contributed by atoms with van der Waals surface area (Å²) in [6.07, 6.45) is 1.64. The third kappa shape index (κ3) is 3.51. The van der Waals surface area contributed by atoms with Crippen molar-refractivity contribution in [2.24, 2.45) is 0 Å². The highest BCUT2D eigenvalue weighted by Gasteiger charge is 2.26. The van der Waals surface area contributed by atoms with Gasteiger partial charge in [0.15, 0.2) is 0 Å². The molecule has 1 aliphatic rings. The lowest BCUT2D eigenvalue weighted by molar-refractivity contribution is -0.382. The van der Waals surface area contributed by atoms with Crippen LogP contribution < -0.4 is 10.5 Å². The van der Waals surface area contributed by atoms with E-state index in [2.05, 4.69) is 19.9 Å². The van der Waals surface area contributed by atoms with Crippen molar-refractivity contribution in [3.8, 4) is 0 Å². The number of nitrogens with one attached hydrogen (secondary N) is 1. The van der Waals surface area contributed by atoms with E-state index in [0.29, 0.717) is 60.5 Å². The van der Waals surface area contributed by atoms with Gasteiger partial charge in [-0.25, -0.2) is 4.98 Å². The third-order valence-electron chi connectivity index (χ3n) is 6.09. The van der Waals surface area contributed by atoms with Crippen LogP contribution in [0.1, 0.15) is 16.3 Å². The smallest absolute Gasteiger partial charge is 0.301 e. The topological polar surface area (TPSA) is 108 Å². The molecule has 1 saturated heterocycles. The lowest BCUT2D eigenvalue weighted by Crippen LogP contribution is -2.46. The van der Waals surface area contributed by atoms with E-state index in [-0.39, 0.29) is 16.2 Å². The van der Waals surface area contributed by atoms with Crippen molar-refractivity contribution in [3.05, 3.63) is 67.2 Å². The maximum Gasteiger partial charge on any atom is 0.301 e. The Balaban J connectivity index is 1.35. The molecule has 0 spiro atoms. The summed E-state index contributed by atoms with van der Waals surface area (Å²) >= 11 is 1.55. The average molecular weight is 451 g/mol. The molecular formula is C22H22N6O3S. The van der Waals surface area contributed by atoms with Crippen molar-refractivity contribution in [2.45, 2.75) is 20.4 Å². The lowest BCUT2D eigenvalue weighted by Gasteiger charge is -2.35. The van der Waals surface area contributed by atoms with Crippen LogP contribution in [0.25, 0.3) is 21.1 Å². The van der Waals surface area contributed by atoms with Crippen molar-refractivity contribution >= 4 is 43.8 Å². The first kappa shape index (κ1) is 20.5. The molecule has 4 aromatic rings. The second kappa shape index (κ2) is 7.95. The van der Waals surface area contributed by atoms with Crippen molar-refractivity contribution in [2.75, 3.05) is 31.1 Å². The summed E-state index contributed by atoms with van der Waals surface area (Å²) in [6, 6.07) is 7.08. The standard InChI is InChI=1S/C22H22N6O3S/c1-13-14(2)32-22-19(13)21(29)24-18(25-22)12-26-8-10-27(11-9-26)17-6-5-16-15(4-3-7-23-16)20(17)28(30)31/h3-7H,8-12H2,1-2H3,(H,24,25,29). The molecule has 1 aromatic carbocycles. The van der Waals surface area contributed by atoms with Gasteiger partial charge >= 0.3 is 5.69 Å². The molecule has 3 aromatic heterocycles. The van der Waals surface area contributed by atoms with Crippen molar-refractivity contribution in [1.82, 2.24) is 19.9 Å². The molecule has 4 heterocycles. The predicted molar refractivity (Wildman–Crippen MR) is 126 cm³/mol. The second-order valence-corrected chi connectivity index (χ2v) is 9.20. The number of hydrogen-bond acceptors (Lipinski definition) is 8. The number of hydrogen-bond donors (Lipinski definition) is 1. The summed E-state index contributed by atoms with van der Waals surface area (Å²) in [5.74, 6) is 0.653. The molecule has 0 saturated carbocycles. The van der Waals surface area contributed by atoms with Gasteiger partial charge in [-0.2, -0.15) is 0 Å². The van der Waals surface area contributed by atoms with E-state index >= 15 is 0 Å². The number of aromatic nitrogens is 3. The van der Waals surface area contributed by atoms with Gasteiger partial charge in [0.25, 0.3) is 5.56 Å². The average Bonchev–Trinajstić information content (AvgIpc) is 3.07. The van der Waals surface area contributed by atoms with Crippen LogP contribution in [-0.2, 0) is 6.54 Å². The minimum atomic E-state index is -0.319. The Bertz CT molecular complexity index is 1400.